The lowest BCUT2D eigenvalue weighted by Crippen LogP contribution is -2.00. The first-order chi connectivity index (χ1) is 10.1. The molecule has 0 spiro atoms. The minimum Gasteiger partial charge on any atom is -0.508 e. The van der Waals surface area contributed by atoms with E-state index < -0.39 is 5.63 Å². The second kappa shape index (κ2) is 5.45. The Balaban J connectivity index is 1.97. The van der Waals surface area contributed by atoms with Crippen molar-refractivity contribution in [2.24, 2.45) is 0 Å². The fourth-order valence-corrected chi connectivity index (χ4v) is 2.80. The number of hydrogen-bond donors (Lipinski definition) is 2. The number of benzene rings is 1. The summed E-state index contributed by atoms with van der Waals surface area (Å²) < 4.78 is 5.08. The number of rotatable bonds is 3. The number of nitrogens with zero attached hydrogens (tertiary/aromatic N) is 2. The molecule has 0 bridgehead atoms. The second-order valence-corrected chi connectivity index (χ2v) is 5.27. The first-order valence-electron chi connectivity index (χ1n) is 6.08. The van der Waals surface area contributed by atoms with Crippen LogP contribution in [0.2, 0.25) is 0 Å². The van der Waals surface area contributed by atoms with Crippen LogP contribution in [0, 0.1) is 0 Å². The molecule has 0 aliphatic heterocycles. The van der Waals surface area contributed by atoms with Gasteiger partial charge in [-0.3, -0.25) is 0 Å². The van der Waals surface area contributed by atoms with Gasteiger partial charge in [0.2, 0.25) is 0 Å². The highest BCUT2D eigenvalue weighted by Gasteiger charge is 2.09. The highest BCUT2D eigenvalue weighted by atomic mass is 32.2. The van der Waals surface area contributed by atoms with Gasteiger partial charge in [-0.1, -0.05) is 11.8 Å². The molecule has 2 aromatic heterocycles. The van der Waals surface area contributed by atoms with Crippen molar-refractivity contribution in [1.82, 2.24) is 9.97 Å². The van der Waals surface area contributed by atoms with Gasteiger partial charge in [-0.15, -0.1) is 0 Å². The van der Waals surface area contributed by atoms with E-state index in [0.29, 0.717) is 22.2 Å². The summed E-state index contributed by atoms with van der Waals surface area (Å²) in [7, 11) is 0. The third-order valence-electron chi connectivity index (χ3n) is 2.87. The quantitative estimate of drug-likeness (QED) is 0.564. The van der Waals surface area contributed by atoms with Crippen LogP contribution in [0.3, 0.4) is 0 Å². The van der Waals surface area contributed by atoms with Crippen LogP contribution in [-0.4, -0.2) is 15.1 Å². The van der Waals surface area contributed by atoms with Crippen LogP contribution >= 0.6 is 11.8 Å². The van der Waals surface area contributed by atoms with E-state index >= 15 is 0 Å². The van der Waals surface area contributed by atoms with Gasteiger partial charge < -0.3 is 15.3 Å². The summed E-state index contributed by atoms with van der Waals surface area (Å²) in [5.74, 6) is 0.900. The Morgan fingerprint density at radius 3 is 2.86 bits per heavy atom. The number of aromatic nitrogens is 2. The van der Waals surface area contributed by atoms with Crippen LogP contribution < -0.4 is 11.4 Å². The predicted molar refractivity (Wildman–Crippen MR) is 80.2 cm³/mol. The molecule has 6 nitrogen and oxygen atoms in total. The Morgan fingerprint density at radius 2 is 2.05 bits per heavy atom. The molecule has 106 valence electrons. The van der Waals surface area contributed by atoms with E-state index in [4.69, 9.17) is 10.2 Å². The number of anilines is 1. The average Bonchev–Trinajstić information content (AvgIpc) is 2.45. The van der Waals surface area contributed by atoms with Crippen LogP contribution in [0.1, 0.15) is 5.56 Å². The normalized spacial score (nSPS) is 10.9. The van der Waals surface area contributed by atoms with Gasteiger partial charge in [0.1, 0.15) is 16.4 Å². The molecule has 3 rings (SSSR count). The summed E-state index contributed by atoms with van der Waals surface area (Å²) >= 11 is 1.39. The van der Waals surface area contributed by atoms with Crippen LogP contribution in [0.25, 0.3) is 11.0 Å². The first kappa shape index (κ1) is 13.4. The molecule has 21 heavy (non-hydrogen) atoms. The number of aromatic hydroxyl groups is 1. The summed E-state index contributed by atoms with van der Waals surface area (Å²) in [6.07, 6.45) is 3.09. The highest BCUT2D eigenvalue weighted by Crippen LogP contribution is 2.28. The van der Waals surface area contributed by atoms with E-state index in [2.05, 4.69) is 9.97 Å². The van der Waals surface area contributed by atoms with Crippen LogP contribution in [-0.2, 0) is 5.75 Å². The molecule has 0 saturated heterocycles. The maximum Gasteiger partial charge on any atom is 0.336 e. The molecule has 3 N–H and O–H groups in total. The number of hydrogen-bond acceptors (Lipinski definition) is 7. The summed E-state index contributed by atoms with van der Waals surface area (Å²) in [5.41, 5.74) is 6.42. The second-order valence-electron chi connectivity index (χ2n) is 4.31. The molecule has 7 heteroatoms. The largest absolute Gasteiger partial charge is 0.508 e. The van der Waals surface area contributed by atoms with Crippen molar-refractivity contribution < 1.29 is 9.52 Å². The standard InChI is InChI=1S/C14H11N3O3S/c15-13-14(17-4-3-16-13)21-7-8-5-12(19)20-11-6-9(18)1-2-10(8)11/h1-6,18H,7H2,(H2,15,16). The van der Waals surface area contributed by atoms with E-state index in [9.17, 15) is 9.90 Å². The SMILES string of the molecule is Nc1nccnc1SCc1cc(=O)oc2cc(O)ccc12. The smallest absolute Gasteiger partial charge is 0.336 e. The van der Waals surface area contributed by atoms with Crippen LogP contribution in [0.15, 0.2) is 50.9 Å². The van der Waals surface area contributed by atoms with Gasteiger partial charge >= 0.3 is 5.63 Å². The molecular formula is C14H11N3O3S. The summed E-state index contributed by atoms with van der Waals surface area (Å²) in [5, 5.41) is 10.8. The fourth-order valence-electron chi connectivity index (χ4n) is 1.93. The van der Waals surface area contributed by atoms with E-state index in [1.54, 1.807) is 18.3 Å². The van der Waals surface area contributed by atoms with Gasteiger partial charge in [-0.25, -0.2) is 14.8 Å². The maximum atomic E-state index is 11.6. The Morgan fingerprint density at radius 1 is 1.24 bits per heavy atom. The molecule has 0 amide bonds. The molecule has 0 saturated carbocycles. The van der Waals surface area contributed by atoms with Crippen molar-refractivity contribution in [2.45, 2.75) is 10.8 Å². The summed E-state index contributed by atoms with van der Waals surface area (Å²) in [6.45, 7) is 0. The molecule has 3 aromatic rings. The number of nitrogen functional groups attached to an aromatic ring is 1. The van der Waals surface area contributed by atoms with Crippen molar-refractivity contribution in [2.75, 3.05) is 5.73 Å². The average molecular weight is 301 g/mol. The Kier molecular flexibility index (Phi) is 3.49. The van der Waals surface area contributed by atoms with Crippen molar-refractivity contribution in [1.29, 1.82) is 0 Å². The van der Waals surface area contributed by atoms with Crippen molar-refractivity contribution in [3.63, 3.8) is 0 Å². The Bertz CT molecular complexity index is 863. The summed E-state index contributed by atoms with van der Waals surface area (Å²) in [4.78, 5) is 19.7. The van der Waals surface area contributed by atoms with Gasteiger partial charge in [0.25, 0.3) is 0 Å². The first-order valence-corrected chi connectivity index (χ1v) is 7.07. The summed E-state index contributed by atoms with van der Waals surface area (Å²) in [6, 6.07) is 6.11. The van der Waals surface area contributed by atoms with Gasteiger partial charge in [-0.2, -0.15) is 0 Å². The lowest BCUT2D eigenvalue weighted by molar-refractivity contribution is 0.473. The predicted octanol–water partition coefficient (Wildman–Crippen LogP) is 2.16. The number of phenolic OH excluding ortho intramolecular Hbond substituents is 1. The maximum absolute atomic E-state index is 11.6. The zero-order chi connectivity index (χ0) is 14.8. The number of fused-ring (bicyclic) bond motifs is 1. The van der Waals surface area contributed by atoms with Gasteiger partial charge in [0.15, 0.2) is 5.82 Å². The number of nitrogens with two attached hydrogens (primary N) is 1. The lowest BCUT2D eigenvalue weighted by atomic mass is 10.1. The minimum absolute atomic E-state index is 0.0497. The van der Waals surface area contributed by atoms with E-state index in [0.717, 1.165) is 10.9 Å². The molecule has 2 heterocycles. The molecule has 0 aliphatic rings. The molecular weight excluding hydrogens is 290 g/mol. The number of thioether (sulfide) groups is 1. The van der Waals surface area contributed by atoms with E-state index in [1.807, 2.05) is 0 Å². The molecule has 0 fully saturated rings. The lowest BCUT2D eigenvalue weighted by Gasteiger charge is -2.06. The molecule has 0 atom stereocenters. The molecule has 0 radical (unpaired) electrons. The van der Waals surface area contributed by atoms with Crippen LogP contribution in [0.5, 0.6) is 5.75 Å². The fraction of sp³-hybridized carbons (Fsp3) is 0.0714. The topological polar surface area (TPSA) is 102 Å². The zero-order valence-corrected chi connectivity index (χ0v) is 11.6. The minimum atomic E-state index is -0.462. The highest BCUT2D eigenvalue weighted by molar-refractivity contribution is 7.98. The van der Waals surface area contributed by atoms with Crippen molar-refractivity contribution in [3.05, 3.63) is 52.6 Å². The molecule has 0 aliphatic carbocycles. The van der Waals surface area contributed by atoms with Gasteiger partial charge in [-0.05, 0) is 17.7 Å². The molecule has 1 aromatic carbocycles. The molecule has 0 unspecified atom stereocenters. The Hall–Kier alpha value is -2.54. The van der Waals surface area contributed by atoms with E-state index in [-0.39, 0.29) is 5.75 Å². The van der Waals surface area contributed by atoms with Gasteiger partial charge in [0.05, 0.1) is 0 Å². The van der Waals surface area contributed by atoms with Gasteiger partial charge in [0, 0.05) is 35.7 Å². The van der Waals surface area contributed by atoms with Crippen molar-refractivity contribution in [3.8, 4) is 5.75 Å². The third-order valence-corrected chi connectivity index (χ3v) is 3.91. The number of phenols is 1. The van der Waals surface area contributed by atoms with E-state index in [1.165, 1.54) is 30.1 Å². The van der Waals surface area contributed by atoms with Crippen molar-refractivity contribution >= 4 is 28.5 Å². The monoisotopic (exact) mass is 301 g/mol. The Labute approximate surface area is 123 Å². The zero-order valence-electron chi connectivity index (χ0n) is 10.8. The van der Waals surface area contributed by atoms with Crippen LogP contribution in [0.4, 0.5) is 5.82 Å². The third kappa shape index (κ3) is 2.82.